The molecule has 13 heavy (non-hydrogen) atoms. The highest BCUT2D eigenvalue weighted by Gasteiger charge is 2.25. The SMILES string of the molecule is CNC(c1cncs1)C1CCCC1. The topological polar surface area (TPSA) is 24.9 Å². The predicted molar refractivity (Wildman–Crippen MR) is 55.9 cm³/mol. The molecule has 0 spiro atoms. The van der Waals surface area contributed by atoms with Gasteiger partial charge in [-0.05, 0) is 25.8 Å². The maximum Gasteiger partial charge on any atom is 0.0794 e. The van der Waals surface area contributed by atoms with E-state index < -0.39 is 0 Å². The van der Waals surface area contributed by atoms with E-state index in [2.05, 4.69) is 17.3 Å². The summed E-state index contributed by atoms with van der Waals surface area (Å²) in [5.41, 5.74) is 1.93. The van der Waals surface area contributed by atoms with Gasteiger partial charge < -0.3 is 5.32 Å². The van der Waals surface area contributed by atoms with Gasteiger partial charge >= 0.3 is 0 Å². The van der Waals surface area contributed by atoms with Crippen molar-refractivity contribution >= 4 is 11.3 Å². The monoisotopic (exact) mass is 196 g/mol. The van der Waals surface area contributed by atoms with Gasteiger partial charge in [0.25, 0.3) is 0 Å². The molecule has 1 aliphatic rings. The first-order chi connectivity index (χ1) is 6.42. The van der Waals surface area contributed by atoms with E-state index in [0.717, 1.165) is 5.92 Å². The molecule has 0 aliphatic heterocycles. The molecule has 0 bridgehead atoms. The molecule has 0 amide bonds. The quantitative estimate of drug-likeness (QED) is 0.803. The van der Waals surface area contributed by atoms with Crippen LogP contribution in [0.3, 0.4) is 0 Å². The van der Waals surface area contributed by atoms with Crippen molar-refractivity contribution in [3.8, 4) is 0 Å². The van der Waals surface area contributed by atoms with Crippen molar-refractivity contribution in [3.05, 3.63) is 16.6 Å². The Hall–Kier alpha value is -0.410. The van der Waals surface area contributed by atoms with E-state index in [-0.39, 0.29) is 0 Å². The van der Waals surface area contributed by atoms with Gasteiger partial charge in [0.05, 0.1) is 5.51 Å². The minimum absolute atomic E-state index is 0.551. The lowest BCUT2D eigenvalue weighted by atomic mass is 9.97. The van der Waals surface area contributed by atoms with Gasteiger partial charge in [0.2, 0.25) is 0 Å². The second-order valence-electron chi connectivity index (χ2n) is 3.71. The van der Waals surface area contributed by atoms with Crippen LogP contribution in [0.5, 0.6) is 0 Å². The third kappa shape index (κ3) is 1.92. The Labute approximate surface area is 83.4 Å². The number of aromatic nitrogens is 1. The summed E-state index contributed by atoms with van der Waals surface area (Å²) < 4.78 is 0. The largest absolute Gasteiger partial charge is 0.312 e. The third-order valence-corrected chi connectivity index (χ3v) is 3.80. The highest BCUT2D eigenvalue weighted by Crippen LogP contribution is 2.36. The predicted octanol–water partition coefficient (Wildman–Crippen LogP) is 2.59. The van der Waals surface area contributed by atoms with Crippen LogP contribution in [0, 0.1) is 5.92 Å². The summed E-state index contributed by atoms with van der Waals surface area (Å²) in [4.78, 5) is 5.54. The first kappa shape index (κ1) is 9.16. The van der Waals surface area contributed by atoms with Gasteiger partial charge in [0.1, 0.15) is 0 Å². The fourth-order valence-corrected chi connectivity index (χ4v) is 3.10. The molecule has 1 unspecified atom stereocenters. The number of hydrogen-bond acceptors (Lipinski definition) is 3. The minimum Gasteiger partial charge on any atom is -0.312 e. The molecule has 1 heterocycles. The summed E-state index contributed by atoms with van der Waals surface area (Å²) in [7, 11) is 2.06. The van der Waals surface area contributed by atoms with Gasteiger partial charge in [0.15, 0.2) is 0 Å². The Morgan fingerprint density at radius 1 is 1.54 bits per heavy atom. The summed E-state index contributed by atoms with van der Waals surface area (Å²) in [6, 6.07) is 0.551. The number of nitrogens with zero attached hydrogens (tertiary/aromatic N) is 1. The molecule has 1 saturated carbocycles. The lowest BCUT2D eigenvalue weighted by Gasteiger charge is -2.20. The Balaban J connectivity index is 2.08. The molecule has 0 radical (unpaired) electrons. The fraction of sp³-hybridized carbons (Fsp3) is 0.700. The molecular formula is C10H16N2S. The van der Waals surface area contributed by atoms with Gasteiger partial charge in [-0.2, -0.15) is 0 Å². The van der Waals surface area contributed by atoms with Crippen molar-refractivity contribution in [2.45, 2.75) is 31.7 Å². The van der Waals surface area contributed by atoms with Gasteiger partial charge in [-0.15, -0.1) is 11.3 Å². The first-order valence-corrected chi connectivity index (χ1v) is 5.85. The zero-order valence-electron chi connectivity index (χ0n) is 7.99. The normalized spacial score (nSPS) is 20.7. The van der Waals surface area contributed by atoms with Crippen LogP contribution in [0.25, 0.3) is 0 Å². The Morgan fingerprint density at radius 2 is 2.31 bits per heavy atom. The van der Waals surface area contributed by atoms with Crippen LogP contribution >= 0.6 is 11.3 Å². The molecule has 1 fully saturated rings. The molecule has 1 aromatic heterocycles. The van der Waals surface area contributed by atoms with Crippen LogP contribution in [0.15, 0.2) is 11.7 Å². The molecule has 1 aromatic rings. The summed E-state index contributed by atoms with van der Waals surface area (Å²) in [6.07, 6.45) is 7.57. The lowest BCUT2D eigenvalue weighted by Crippen LogP contribution is -2.22. The molecule has 2 nitrogen and oxygen atoms in total. The van der Waals surface area contributed by atoms with E-state index in [9.17, 15) is 0 Å². The smallest absolute Gasteiger partial charge is 0.0794 e. The second-order valence-corrected chi connectivity index (χ2v) is 4.63. The van der Waals surface area contributed by atoms with Gasteiger partial charge in [-0.25, -0.2) is 0 Å². The lowest BCUT2D eigenvalue weighted by molar-refractivity contribution is 0.395. The number of hydrogen-bond donors (Lipinski definition) is 1. The van der Waals surface area contributed by atoms with Gasteiger partial charge in [-0.3, -0.25) is 4.98 Å². The van der Waals surface area contributed by atoms with E-state index in [1.54, 1.807) is 11.3 Å². The molecule has 0 aromatic carbocycles. The first-order valence-electron chi connectivity index (χ1n) is 4.97. The van der Waals surface area contributed by atoms with Crippen molar-refractivity contribution in [1.82, 2.24) is 10.3 Å². The van der Waals surface area contributed by atoms with Crippen molar-refractivity contribution in [2.24, 2.45) is 5.92 Å². The second kappa shape index (κ2) is 4.20. The van der Waals surface area contributed by atoms with Crippen LogP contribution < -0.4 is 5.32 Å². The zero-order chi connectivity index (χ0) is 9.10. The molecular weight excluding hydrogens is 180 g/mol. The molecule has 1 aliphatic carbocycles. The van der Waals surface area contributed by atoms with E-state index in [0.29, 0.717) is 6.04 Å². The Bertz CT molecular complexity index is 239. The highest BCUT2D eigenvalue weighted by atomic mass is 32.1. The van der Waals surface area contributed by atoms with E-state index in [1.165, 1.54) is 30.6 Å². The molecule has 1 atom stereocenters. The van der Waals surface area contributed by atoms with E-state index in [4.69, 9.17) is 0 Å². The minimum atomic E-state index is 0.551. The van der Waals surface area contributed by atoms with E-state index >= 15 is 0 Å². The fourth-order valence-electron chi connectivity index (χ4n) is 2.28. The molecule has 0 saturated heterocycles. The number of nitrogens with one attached hydrogen (secondary N) is 1. The highest BCUT2D eigenvalue weighted by molar-refractivity contribution is 7.09. The maximum atomic E-state index is 4.14. The van der Waals surface area contributed by atoms with Crippen molar-refractivity contribution in [2.75, 3.05) is 7.05 Å². The summed E-state index contributed by atoms with van der Waals surface area (Å²) in [5, 5.41) is 3.42. The van der Waals surface area contributed by atoms with Crippen LogP contribution in [0.2, 0.25) is 0 Å². The maximum absolute atomic E-state index is 4.14. The Morgan fingerprint density at radius 3 is 2.85 bits per heavy atom. The van der Waals surface area contributed by atoms with Gasteiger partial charge in [-0.1, -0.05) is 12.8 Å². The molecule has 1 N–H and O–H groups in total. The van der Waals surface area contributed by atoms with Crippen molar-refractivity contribution < 1.29 is 0 Å². The average Bonchev–Trinajstić information content (AvgIpc) is 2.76. The molecule has 3 heteroatoms. The van der Waals surface area contributed by atoms with Crippen molar-refractivity contribution in [1.29, 1.82) is 0 Å². The van der Waals surface area contributed by atoms with E-state index in [1.807, 2.05) is 11.7 Å². The zero-order valence-corrected chi connectivity index (χ0v) is 8.81. The average molecular weight is 196 g/mol. The standard InChI is InChI=1S/C10H16N2S/c1-11-10(8-4-2-3-5-8)9-6-12-7-13-9/h6-8,10-11H,2-5H2,1H3. The van der Waals surface area contributed by atoms with Crippen LogP contribution in [-0.4, -0.2) is 12.0 Å². The number of thiazole rings is 1. The third-order valence-electron chi connectivity index (χ3n) is 2.94. The summed E-state index contributed by atoms with van der Waals surface area (Å²) in [5.74, 6) is 0.838. The number of rotatable bonds is 3. The molecule has 2 rings (SSSR count). The van der Waals surface area contributed by atoms with Crippen LogP contribution in [-0.2, 0) is 0 Å². The Kier molecular flexibility index (Phi) is 2.96. The van der Waals surface area contributed by atoms with Gasteiger partial charge in [0, 0.05) is 17.1 Å². The summed E-state index contributed by atoms with van der Waals surface area (Å²) in [6.45, 7) is 0. The summed E-state index contributed by atoms with van der Waals surface area (Å²) >= 11 is 1.77. The van der Waals surface area contributed by atoms with Crippen molar-refractivity contribution in [3.63, 3.8) is 0 Å². The molecule has 72 valence electrons. The van der Waals surface area contributed by atoms with Crippen LogP contribution in [0.1, 0.15) is 36.6 Å². The van der Waals surface area contributed by atoms with Crippen LogP contribution in [0.4, 0.5) is 0 Å².